The first-order chi connectivity index (χ1) is 7.42. The molecular weight excluding hydrogens is 230 g/mol. The van der Waals surface area contributed by atoms with Gasteiger partial charge >= 0.3 is 0 Å². The number of nitrogens with one attached hydrogen (secondary N) is 1. The zero-order valence-electron chi connectivity index (χ0n) is 9.48. The Kier molecular flexibility index (Phi) is 4.73. The van der Waals surface area contributed by atoms with Gasteiger partial charge in [0.1, 0.15) is 5.75 Å². The summed E-state index contributed by atoms with van der Waals surface area (Å²) in [7, 11) is -3.27. The molecule has 0 saturated heterocycles. The number of hydrogen-bond acceptors (Lipinski definition) is 4. The minimum atomic E-state index is -3.27. The highest BCUT2D eigenvalue weighted by atomic mass is 32.2. The predicted molar refractivity (Wildman–Crippen MR) is 60.7 cm³/mol. The number of hydrogen-bond donors (Lipinski definition) is 2. The van der Waals surface area contributed by atoms with Crippen LogP contribution in [-0.4, -0.2) is 44.1 Å². The van der Waals surface area contributed by atoms with E-state index >= 15 is 0 Å². The van der Waals surface area contributed by atoms with Crippen LogP contribution in [-0.2, 0) is 14.6 Å². The molecule has 1 fully saturated rings. The van der Waals surface area contributed by atoms with Crippen molar-refractivity contribution in [2.75, 3.05) is 18.6 Å². The van der Waals surface area contributed by atoms with E-state index in [1.165, 1.54) is 0 Å². The SMILES string of the molecule is CS(=O)(=O)CC(=O)NC1CCCCC1CO. The third-order valence-corrected chi connectivity index (χ3v) is 3.67. The van der Waals surface area contributed by atoms with Gasteiger partial charge in [-0.15, -0.1) is 0 Å². The monoisotopic (exact) mass is 249 g/mol. The summed E-state index contributed by atoms with van der Waals surface area (Å²) >= 11 is 0. The molecule has 1 aliphatic carbocycles. The summed E-state index contributed by atoms with van der Waals surface area (Å²) in [6.45, 7) is 0.0455. The number of amides is 1. The zero-order valence-corrected chi connectivity index (χ0v) is 10.3. The van der Waals surface area contributed by atoms with E-state index in [2.05, 4.69) is 5.32 Å². The van der Waals surface area contributed by atoms with Crippen molar-refractivity contribution in [3.8, 4) is 0 Å². The van der Waals surface area contributed by atoms with E-state index in [-0.39, 0.29) is 18.6 Å². The number of carbonyl (C=O) groups is 1. The Labute approximate surface area is 96.1 Å². The van der Waals surface area contributed by atoms with Gasteiger partial charge in [-0.25, -0.2) is 8.42 Å². The fourth-order valence-corrected chi connectivity index (χ4v) is 2.66. The maximum atomic E-state index is 11.4. The first-order valence-corrected chi connectivity index (χ1v) is 7.56. The second kappa shape index (κ2) is 5.63. The second-order valence-corrected chi connectivity index (χ2v) is 6.61. The van der Waals surface area contributed by atoms with E-state index in [0.717, 1.165) is 31.9 Å². The van der Waals surface area contributed by atoms with Gasteiger partial charge in [0.15, 0.2) is 9.84 Å². The van der Waals surface area contributed by atoms with Gasteiger partial charge in [0.05, 0.1) is 0 Å². The zero-order chi connectivity index (χ0) is 12.2. The molecule has 6 heteroatoms. The molecule has 1 rings (SSSR count). The van der Waals surface area contributed by atoms with Crippen LogP contribution in [0.25, 0.3) is 0 Å². The molecule has 0 spiro atoms. The first kappa shape index (κ1) is 13.4. The molecule has 0 bridgehead atoms. The summed E-state index contributed by atoms with van der Waals surface area (Å²) in [5.74, 6) is -0.869. The average molecular weight is 249 g/mol. The number of sulfone groups is 1. The van der Waals surface area contributed by atoms with E-state index in [9.17, 15) is 13.2 Å². The minimum absolute atomic E-state index is 0.0455. The van der Waals surface area contributed by atoms with Crippen LogP contribution in [0, 0.1) is 5.92 Å². The van der Waals surface area contributed by atoms with E-state index in [0.29, 0.717) is 0 Å². The van der Waals surface area contributed by atoms with E-state index < -0.39 is 21.5 Å². The van der Waals surface area contributed by atoms with Gasteiger partial charge in [0.25, 0.3) is 0 Å². The lowest BCUT2D eigenvalue weighted by Gasteiger charge is -2.30. The Morgan fingerprint density at radius 2 is 2.00 bits per heavy atom. The summed E-state index contributed by atoms with van der Waals surface area (Å²) in [4.78, 5) is 11.4. The molecule has 2 N–H and O–H groups in total. The van der Waals surface area contributed by atoms with Gasteiger partial charge in [-0.2, -0.15) is 0 Å². The molecule has 0 aromatic heterocycles. The third kappa shape index (κ3) is 4.49. The summed E-state index contributed by atoms with van der Waals surface area (Å²) < 4.78 is 21.8. The fourth-order valence-electron chi connectivity index (χ4n) is 2.10. The molecule has 0 aromatic rings. The van der Waals surface area contributed by atoms with Crippen LogP contribution >= 0.6 is 0 Å². The van der Waals surface area contributed by atoms with Crippen molar-refractivity contribution >= 4 is 15.7 Å². The second-order valence-electron chi connectivity index (χ2n) is 4.47. The van der Waals surface area contributed by atoms with Crippen molar-refractivity contribution in [1.29, 1.82) is 0 Å². The van der Waals surface area contributed by atoms with Crippen molar-refractivity contribution in [3.05, 3.63) is 0 Å². The summed E-state index contributed by atoms with van der Waals surface area (Å²) in [6, 6.07) is -0.0759. The Morgan fingerprint density at radius 1 is 1.38 bits per heavy atom. The van der Waals surface area contributed by atoms with Gasteiger partial charge in [-0.05, 0) is 12.8 Å². The molecule has 2 atom stereocenters. The van der Waals surface area contributed by atoms with Crippen LogP contribution in [0.3, 0.4) is 0 Å². The van der Waals surface area contributed by atoms with Gasteiger partial charge in [0, 0.05) is 24.8 Å². The molecule has 0 aromatic carbocycles. The lowest BCUT2D eigenvalue weighted by atomic mass is 9.85. The molecule has 0 aliphatic heterocycles. The fraction of sp³-hybridized carbons (Fsp3) is 0.900. The summed E-state index contributed by atoms with van der Waals surface area (Å²) in [5, 5.41) is 11.8. The molecule has 5 nitrogen and oxygen atoms in total. The first-order valence-electron chi connectivity index (χ1n) is 5.50. The van der Waals surface area contributed by atoms with E-state index in [4.69, 9.17) is 5.11 Å². The van der Waals surface area contributed by atoms with Crippen molar-refractivity contribution < 1.29 is 18.3 Å². The maximum Gasteiger partial charge on any atom is 0.235 e. The van der Waals surface area contributed by atoms with E-state index in [1.54, 1.807) is 0 Å². The highest BCUT2D eigenvalue weighted by Gasteiger charge is 2.26. The van der Waals surface area contributed by atoms with E-state index in [1.807, 2.05) is 0 Å². The minimum Gasteiger partial charge on any atom is -0.396 e. The quantitative estimate of drug-likeness (QED) is 0.716. The maximum absolute atomic E-state index is 11.4. The van der Waals surface area contributed by atoms with Crippen LogP contribution in [0.4, 0.5) is 0 Å². The van der Waals surface area contributed by atoms with Crippen LogP contribution < -0.4 is 5.32 Å². The lowest BCUT2D eigenvalue weighted by Crippen LogP contribution is -2.45. The Morgan fingerprint density at radius 3 is 2.56 bits per heavy atom. The highest BCUT2D eigenvalue weighted by Crippen LogP contribution is 2.23. The molecule has 0 heterocycles. The number of carbonyl (C=O) groups excluding carboxylic acids is 1. The third-order valence-electron chi connectivity index (χ3n) is 2.88. The van der Waals surface area contributed by atoms with Gasteiger partial charge in [-0.1, -0.05) is 12.8 Å². The Bertz CT molecular complexity index is 339. The number of aliphatic hydroxyl groups is 1. The molecule has 0 radical (unpaired) electrons. The van der Waals surface area contributed by atoms with Crippen LogP contribution in [0.2, 0.25) is 0 Å². The Balaban J connectivity index is 2.48. The summed E-state index contributed by atoms with van der Waals surface area (Å²) in [6.07, 6.45) is 4.82. The number of rotatable bonds is 4. The molecule has 94 valence electrons. The van der Waals surface area contributed by atoms with Crippen molar-refractivity contribution in [2.45, 2.75) is 31.7 Å². The van der Waals surface area contributed by atoms with Gasteiger partial charge in [0.2, 0.25) is 5.91 Å². The van der Waals surface area contributed by atoms with Gasteiger partial charge in [-0.3, -0.25) is 4.79 Å². The molecule has 1 amide bonds. The molecular formula is C10H19NO4S. The average Bonchev–Trinajstić information content (AvgIpc) is 2.15. The lowest BCUT2D eigenvalue weighted by molar-refractivity contribution is -0.120. The van der Waals surface area contributed by atoms with Crippen molar-refractivity contribution in [3.63, 3.8) is 0 Å². The topological polar surface area (TPSA) is 83.5 Å². The van der Waals surface area contributed by atoms with Crippen LogP contribution in [0.5, 0.6) is 0 Å². The normalized spacial score (nSPS) is 26.4. The van der Waals surface area contributed by atoms with Gasteiger partial charge < -0.3 is 10.4 Å². The van der Waals surface area contributed by atoms with Crippen molar-refractivity contribution in [1.82, 2.24) is 5.32 Å². The number of aliphatic hydroxyl groups excluding tert-OH is 1. The molecule has 1 saturated carbocycles. The predicted octanol–water partition coefficient (Wildman–Crippen LogP) is -0.302. The standard InChI is InChI=1S/C10H19NO4S/c1-16(14,15)7-10(13)11-9-5-3-2-4-8(9)6-12/h8-9,12H,2-7H2,1H3,(H,11,13). The van der Waals surface area contributed by atoms with Crippen LogP contribution in [0.15, 0.2) is 0 Å². The molecule has 16 heavy (non-hydrogen) atoms. The highest BCUT2D eigenvalue weighted by molar-refractivity contribution is 7.91. The Hall–Kier alpha value is -0.620. The largest absolute Gasteiger partial charge is 0.396 e. The summed E-state index contributed by atoms with van der Waals surface area (Å²) in [5.41, 5.74) is 0. The molecule has 1 aliphatic rings. The van der Waals surface area contributed by atoms with Crippen LogP contribution in [0.1, 0.15) is 25.7 Å². The van der Waals surface area contributed by atoms with Crippen molar-refractivity contribution in [2.24, 2.45) is 5.92 Å². The smallest absolute Gasteiger partial charge is 0.235 e. The molecule has 2 unspecified atom stereocenters.